The van der Waals surface area contributed by atoms with Crippen LogP contribution in [0, 0.1) is 0 Å². The highest BCUT2D eigenvalue weighted by molar-refractivity contribution is 7.80. The van der Waals surface area contributed by atoms with Gasteiger partial charge in [-0.25, -0.2) is 0 Å². The Bertz CT molecular complexity index is 1380. The third kappa shape index (κ3) is 5.65. The summed E-state index contributed by atoms with van der Waals surface area (Å²) in [6.07, 6.45) is 0. The van der Waals surface area contributed by atoms with E-state index in [1.54, 1.807) is 6.07 Å². The van der Waals surface area contributed by atoms with Crippen molar-refractivity contribution >= 4 is 68.8 Å². The van der Waals surface area contributed by atoms with Crippen molar-refractivity contribution in [3.05, 3.63) is 94.2 Å². The zero-order valence-corrected chi connectivity index (χ0v) is 21.7. The second-order valence-electron chi connectivity index (χ2n) is 8.58. The summed E-state index contributed by atoms with van der Waals surface area (Å²) >= 11 is 18.3. The van der Waals surface area contributed by atoms with E-state index in [2.05, 4.69) is 26.5 Å². The molecule has 0 atom stereocenters. The number of nitrogens with one attached hydrogen (secondary N) is 2. The summed E-state index contributed by atoms with van der Waals surface area (Å²) in [5.41, 5.74) is 3.45. The van der Waals surface area contributed by atoms with E-state index in [4.69, 9.17) is 39.8 Å². The van der Waals surface area contributed by atoms with Crippen molar-refractivity contribution in [1.82, 2.24) is 10.2 Å². The van der Waals surface area contributed by atoms with Crippen LogP contribution in [0.5, 0.6) is 0 Å². The lowest BCUT2D eigenvalue weighted by molar-refractivity contribution is 0.0953. The van der Waals surface area contributed by atoms with Crippen LogP contribution in [0.15, 0.2) is 77.2 Å². The van der Waals surface area contributed by atoms with Gasteiger partial charge in [-0.1, -0.05) is 59.6 Å². The summed E-state index contributed by atoms with van der Waals surface area (Å²) in [7, 11) is 0. The van der Waals surface area contributed by atoms with Gasteiger partial charge in [0.15, 0.2) is 10.9 Å². The summed E-state index contributed by atoms with van der Waals surface area (Å²) in [6.45, 7) is 4.39. The van der Waals surface area contributed by atoms with Gasteiger partial charge in [-0.15, -0.1) is 0 Å². The molecule has 5 rings (SSSR count). The first-order valence-electron chi connectivity index (χ1n) is 11.6. The topological polar surface area (TPSA) is 60.8 Å². The molecule has 2 N–H and O–H groups in total. The molecule has 0 saturated carbocycles. The molecule has 4 aromatic rings. The molecular weight excluding hydrogens is 515 g/mol. The average molecular weight is 539 g/mol. The molecule has 0 aliphatic carbocycles. The summed E-state index contributed by atoms with van der Waals surface area (Å²) in [5, 5.41) is 8.11. The number of anilines is 2. The number of amides is 1. The lowest BCUT2D eigenvalue weighted by atomic mass is 10.2. The predicted molar refractivity (Wildman–Crippen MR) is 150 cm³/mol. The van der Waals surface area contributed by atoms with Crippen LogP contribution in [0.25, 0.3) is 11.0 Å². The first-order chi connectivity index (χ1) is 17.5. The van der Waals surface area contributed by atoms with E-state index in [0.29, 0.717) is 16.3 Å². The highest BCUT2D eigenvalue weighted by Gasteiger charge is 2.20. The first kappa shape index (κ1) is 24.6. The molecule has 2 heterocycles. The SMILES string of the molecule is O=C(NC(=S)Nc1ccc(N2CCN(Cc3ccccc3Cl)CC2)c(Cl)c1)c1cc2ccccc2o1. The number of carbonyl (C=O) groups excluding carboxylic acids is 1. The molecule has 1 saturated heterocycles. The van der Waals surface area contributed by atoms with E-state index in [1.165, 1.54) is 0 Å². The molecule has 1 aromatic heterocycles. The third-order valence-electron chi connectivity index (χ3n) is 6.15. The fourth-order valence-corrected chi connectivity index (χ4v) is 4.98. The van der Waals surface area contributed by atoms with E-state index in [1.807, 2.05) is 60.7 Å². The van der Waals surface area contributed by atoms with Crippen LogP contribution in [-0.4, -0.2) is 42.1 Å². The smallest absolute Gasteiger partial charge is 0.293 e. The summed E-state index contributed by atoms with van der Waals surface area (Å²) in [6, 6.07) is 22.8. The molecule has 1 aliphatic heterocycles. The van der Waals surface area contributed by atoms with Crippen LogP contribution < -0.4 is 15.5 Å². The number of benzene rings is 3. The van der Waals surface area contributed by atoms with Crippen LogP contribution >= 0.6 is 35.4 Å². The molecule has 1 fully saturated rings. The van der Waals surface area contributed by atoms with Gasteiger partial charge in [0.1, 0.15) is 5.58 Å². The molecule has 9 heteroatoms. The van der Waals surface area contributed by atoms with Gasteiger partial charge < -0.3 is 14.6 Å². The highest BCUT2D eigenvalue weighted by atomic mass is 35.5. The number of hydrogen-bond donors (Lipinski definition) is 2. The number of nitrogens with zero attached hydrogens (tertiary/aromatic N) is 2. The van der Waals surface area contributed by atoms with Gasteiger partial charge >= 0.3 is 0 Å². The summed E-state index contributed by atoms with van der Waals surface area (Å²) in [5.74, 6) is -0.219. The molecule has 0 unspecified atom stereocenters. The number of para-hydroxylation sites is 1. The van der Waals surface area contributed by atoms with Gasteiger partial charge in [-0.3, -0.25) is 15.0 Å². The Balaban J connectivity index is 1.15. The molecule has 1 amide bonds. The summed E-state index contributed by atoms with van der Waals surface area (Å²) in [4.78, 5) is 17.2. The van der Waals surface area contributed by atoms with Crippen molar-refractivity contribution < 1.29 is 9.21 Å². The van der Waals surface area contributed by atoms with Crippen LogP contribution in [0.3, 0.4) is 0 Å². The van der Waals surface area contributed by atoms with E-state index in [0.717, 1.165) is 54.4 Å². The molecule has 3 aromatic carbocycles. The Morgan fingerprint density at radius 2 is 1.67 bits per heavy atom. The van der Waals surface area contributed by atoms with Crippen molar-refractivity contribution in [3.8, 4) is 0 Å². The first-order valence-corrected chi connectivity index (χ1v) is 12.7. The maximum Gasteiger partial charge on any atom is 0.293 e. The van der Waals surface area contributed by atoms with Crippen LogP contribution in [0.4, 0.5) is 11.4 Å². The van der Waals surface area contributed by atoms with Crippen molar-refractivity contribution in [3.63, 3.8) is 0 Å². The number of piperazine rings is 1. The molecule has 0 radical (unpaired) electrons. The Labute approximate surface area is 224 Å². The maximum absolute atomic E-state index is 12.5. The quantitative estimate of drug-likeness (QED) is 0.295. The normalized spacial score (nSPS) is 14.1. The predicted octanol–water partition coefficient (Wildman–Crippen LogP) is 6.19. The van der Waals surface area contributed by atoms with Crippen LogP contribution in [0.1, 0.15) is 16.1 Å². The molecular formula is C27H24Cl2N4O2S. The molecule has 6 nitrogen and oxygen atoms in total. The highest BCUT2D eigenvalue weighted by Crippen LogP contribution is 2.30. The lowest BCUT2D eigenvalue weighted by Gasteiger charge is -2.36. The average Bonchev–Trinajstić information content (AvgIpc) is 3.31. The number of hydrogen-bond acceptors (Lipinski definition) is 5. The number of furan rings is 1. The van der Waals surface area contributed by atoms with Gasteiger partial charge in [0.05, 0.1) is 10.7 Å². The second-order valence-corrected chi connectivity index (χ2v) is 9.80. The minimum absolute atomic E-state index is 0.164. The maximum atomic E-state index is 12.5. The van der Waals surface area contributed by atoms with Crippen molar-refractivity contribution in [2.45, 2.75) is 6.54 Å². The van der Waals surface area contributed by atoms with Gasteiger partial charge in [0.25, 0.3) is 5.91 Å². The molecule has 184 valence electrons. The monoisotopic (exact) mass is 538 g/mol. The van der Waals surface area contributed by atoms with Crippen LogP contribution in [0.2, 0.25) is 10.0 Å². The van der Waals surface area contributed by atoms with Gasteiger partial charge in [0, 0.05) is 48.8 Å². The second kappa shape index (κ2) is 10.9. The van der Waals surface area contributed by atoms with Crippen molar-refractivity contribution in [2.75, 3.05) is 36.4 Å². The van der Waals surface area contributed by atoms with E-state index >= 15 is 0 Å². The number of thiocarbonyl (C=S) groups is 1. The van der Waals surface area contributed by atoms with Crippen molar-refractivity contribution in [1.29, 1.82) is 0 Å². The van der Waals surface area contributed by atoms with Crippen LogP contribution in [-0.2, 0) is 6.54 Å². The molecule has 36 heavy (non-hydrogen) atoms. The Hall–Kier alpha value is -3.10. The fraction of sp³-hybridized carbons (Fsp3) is 0.185. The number of rotatable bonds is 5. The Morgan fingerprint density at radius 3 is 2.42 bits per heavy atom. The standard InChI is InChI=1S/C27H24Cl2N4O2S/c28-21-7-3-1-6-19(21)17-32-11-13-33(14-12-32)23-10-9-20(16-22(23)29)30-27(36)31-26(34)25-15-18-5-2-4-8-24(18)35-25/h1-10,15-16H,11-14,17H2,(H2,30,31,34,36). The van der Waals surface area contributed by atoms with Gasteiger partial charge in [-0.05, 0) is 54.2 Å². The number of fused-ring (bicyclic) bond motifs is 1. The van der Waals surface area contributed by atoms with E-state index in [9.17, 15) is 4.79 Å². The van der Waals surface area contributed by atoms with Gasteiger partial charge in [-0.2, -0.15) is 0 Å². The fourth-order valence-electron chi connectivity index (χ4n) is 4.28. The molecule has 0 bridgehead atoms. The third-order valence-corrected chi connectivity index (χ3v) is 7.02. The number of carbonyl (C=O) groups is 1. The number of halogens is 2. The lowest BCUT2D eigenvalue weighted by Crippen LogP contribution is -2.46. The summed E-state index contributed by atoms with van der Waals surface area (Å²) < 4.78 is 5.59. The Kier molecular flexibility index (Phi) is 7.43. The zero-order valence-electron chi connectivity index (χ0n) is 19.3. The molecule has 0 spiro atoms. The van der Waals surface area contributed by atoms with E-state index in [-0.39, 0.29) is 10.9 Å². The molecule has 1 aliphatic rings. The minimum Gasteiger partial charge on any atom is -0.451 e. The van der Waals surface area contributed by atoms with E-state index < -0.39 is 5.91 Å². The largest absolute Gasteiger partial charge is 0.451 e. The van der Waals surface area contributed by atoms with Crippen molar-refractivity contribution in [2.24, 2.45) is 0 Å². The zero-order chi connectivity index (χ0) is 25.1. The minimum atomic E-state index is -0.416. The van der Waals surface area contributed by atoms with Gasteiger partial charge in [0.2, 0.25) is 0 Å². The Morgan fingerprint density at radius 1 is 0.917 bits per heavy atom.